The van der Waals surface area contributed by atoms with E-state index in [-0.39, 0.29) is 17.1 Å². The molecule has 0 aliphatic heterocycles. The molecule has 0 fully saturated rings. The molecule has 0 spiro atoms. The maximum Gasteiger partial charge on any atom is 0.330 e. The van der Waals surface area contributed by atoms with Gasteiger partial charge in [0.2, 0.25) is 17.1 Å². The first-order valence-electron chi connectivity index (χ1n) is 16.3. The minimum atomic E-state index is -0.915. The summed E-state index contributed by atoms with van der Waals surface area (Å²) in [6.45, 7) is 0. The minimum Gasteiger partial charge on any atom is -0.344 e. The Labute approximate surface area is 306 Å². The Morgan fingerprint density at radius 3 is 0.907 bits per heavy atom. The van der Waals surface area contributed by atoms with Crippen molar-refractivity contribution in [2.24, 2.45) is 0 Å². The fourth-order valence-electron chi connectivity index (χ4n) is 5.98. The van der Waals surface area contributed by atoms with Gasteiger partial charge >= 0.3 is 17.1 Å². The molecule has 7 aromatic rings. The zero-order chi connectivity index (χ0) is 37.6. The number of nitrogens with one attached hydrogen (secondary N) is 3. The van der Waals surface area contributed by atoms with Crippen LogP contribution in [0.5, 0.6) is 0 Å². The summed E-state index contributed by atoms with van der Waals surface area (Å²) in [5.74, 6) is 0. The Hall–Kier alpha value is -8.07. The third kappa shape index (κ3) is 7.22. The molecular formula is C39H27N9O6. The maximum atomic E-state index is 13.1. The van der Waals surface area contributed by atoms with Crippen LogP contribution in [0.1, 0.15) is 0 Å². The van der Waals surface area contributed by atoms with E-state index in [9.17, 15) is 30.3 Å². The highest BCUT2D eigenvalue weighted by Crippen LogP contribution is 2.55. The molecule has 7 rings (SSSR count). The van der Waals surface area contributed by atoms with Gasteiger partial charge in [-0.25, -0.2) is 0 Å². The van der Waals surface area contributed by atoms with Crippen molar-refractivity contribution in [1.29, 1.82) is 0 Å². The second kappa shape index (κ2) is 15.0. The molecule has 0 unspecified atom stereocenters. The molecule has 3 N–H and O–H groups in total. The topological polar surface area (TPSA) is 204 Å². The molecule has 4 aromatic carbocycles. The molecule has 0 amide bonds. The minimum absolute atomic E-state index is 0.241. The van der Waals surface area contributed by atoms with Crippen LogP contribution in [-0.2, 0) is 0 Å². The zero-order valence-electron chi connectivity index (χ0n) is 28.0. The largest absolute Gasteiger partial charge is 0.344 e. The van der Waals surface area contributed by atoms with Crippen molar-refractivity contribution in [3.63, 3.8) is 0 Å². The Balaban J connectivity index is 1.46. The lowest BCUT2D eigenvalue weighted by molar-refractivity contribution is -0.399. The highest BCUT2D eigenvalue weighted by molar-refractivity contribution is 6.03. The summed E-state index contributed by atoms with van der Waals surface area (Å²) in [6, 6.07) is 30.6. The van der Waals surface area contributed by atoms with Gasteiger partial charge in [-0.05, 0) is 71.3 Å². The normalized spacial score (nSPS) is 10.7. The number of benzene rings is 4. The van der Waals surface area contributed by atoms with Gasteiger partial charge in [-0.1, -0.05) is 54.6 Å². The molecule has 0 radical (unpaired) electrons. The van der Waals surface area contributed by atoms with Gasteiger partial charge in [0.1, 0.15) is 0 Å². The van der Waals surface area contributed by atoms with Crippen molar-refractivity contribution in [3.05, 3.63) is 177 Å². The monoisotopic (exact) mass is 717 g/mol. The van der Waals surface area contributed by atoms with Crippen LogP contribution in [0.3, 0.4) is 0 Å². The summed E-state index contributed by atoms with van der Waals surface area (Å²) in [7, 11) is 0. The highest BCUT2D eigenvalue weighted by atomic mass is 16.6. The predicted octanol–water partition coefficient (Wildman–Crippen LogP) is 9.83. The first-order chi connectivity index (χ1) is 26.3. The van der Waals surface area contributed by atoms with Crippen LogP contribution in [0, 0.1) is 30.3 Å². The number of rotatable bonds is 12. The molecule has 3 aromatic heterocycles. The molecule has 0 saturated carbocycles. The SMILES string of the molecule is O=[N+]([O-])c1c(Nc2cccc(-c3cccnc3)c2)c([N+](=O)[O-])c(Nc2cccc(-c3cccnc3)c2)c([N+](=O)[O-])c1Nc1cccc(-c2cccnc2)c1. The molecule has 0 bridgehead atoms. The van der Waals surface area contributed by atoms with Gasteiger partial charge in [-0.15, -0.1) is 0 Å². The van der Waals surface area contributed by atoms with Crippen LogP contribution in [0.4, 0.5) is 51.2 Å². The lowest BCUT2D eigenvalue weighted by atomic mass is 10.0. The Bertz CT molecular complexity index is 2220. The molecule has 0 saturated heterocycles. The summed E-state index contributed by atoms with van der Waals surface area (Å²) in [4.78, 5) is 49.0. The first kappa shape index (κ1) is 34.4. The summed E-state index contributed by atoms with van der Waals surface area (Å²) < 4.78 is 0. The quantitative estimate of drug-likeness (QED) is 0.0798. The number of nitrogens with zero attached hydrogens (tertiary/aromatic N) is 6. The van der Waals surface area contributed by atoms with E-state index < -0.39 is 48.9 Å². The van der Waals surface area contributed by atoms with E-state index in [1.54, 1.807) is 128 Å². The third-order valence-corrected chi connectivity index (χ3v) is 8.35. The van der Waals surface area contributed by atoms with Crippen molar-refractivity contribution >= 4 is 51.2 Å². The van der Waals surface area contributed by atoms with Crippen molar-refractivity contribution in [2.75, 3.05) is 16.0 Å². The van der Waals surface area contributed by atoms with E-state index in [4.69, 9.17) is 0 Å². The van der Waals surface area contributed by atoms with Gasteiger partial charge < -0.3 is 16.0 Å². The summed E-state index contributed by atoms with van der Waals surface area (Å²) in [6.07, 6.45) is 9.70. The number of anilines is 6. The van der Waals surface area contributed by atoms with Gasteiger partial charge in [0, 0.05) is 70.9 Å². The third-order valence-electron chi connectivity index (χ3n) is 8.35. The predicted molar refractivity (Wildman–Crippen MR) is 205 cm³/mol. The number of nitro groups is 3. The first-order valence-corrected chi connectivity index (χ1v) is 16.3. The zero-order valence-corrected chi connectivity index (χ0v) is 28.0. The summed E-state index contributed by atoms with van der Waals surface area (Å²) in [5, 5.41) is 47.8. The number of pyridine rings is 3. The number of aromatic nitrogens is 3. The average molecular weight is 718 g/mol. The van der Waals surface area contributed by atoms with Crippen molar-refractivity contribution in [2.45, 2.75) is 0 Å². The molecule has 0 atom stereocenters. The van der Waals surface area contributed by atoms with E-state index >= 15 is 0 Å². The summed E-state index contributed by atoms with van der Waals surface area (Å²) >= 11 is 0. The standard InChI is InChI=1S/C39H27N9O6/c49-46(50)37-34(43-31-13-1-7-25(19-31)28-10-4-16-40-22-28)38(47(51)52)36(45-33-15-3-9-27(21-33)30-12-6-18-42-24-30)39(48(53)54)35(37)44-32-14-2-8-26(20-32)29-11-5-17-41-23-29/h1-24,43-45H. The van der Waals surface area contributed by atoms with Crippen LogP contribution in [0.2, 0.25) is 0 Å². The van der Waals surface area contributed by atoms with Crippen LogP contribution in [0.15, 0.2) is 146 Å². The molecule has 54 heavy (non-hydrogen) atoms. The fourth-order valence-corrected chi connectivity index (χ4v) is 5.98. The Morgan fingerprint density at radius 1 is 0.389 bits per heavy atom. The van der Waals surface area contributed by atoms with Crippen LogP contribution < -0.4 is 16.0 Å². The molecule has 15 heteroatoms. The van der Waals surface area contributed by atoms with Gasteiger partial charge in [0.05, 0.1) is 14.8 Å². The molecule has 3 heterocycles. The van der Waals surface area contributed by atoms with Gasteiger partial charge in [-0.2, -0.15) is 0 Å². The molecule has 264 valence electrons. The number of nitro benzene ring substituents is 3. The Kier molecular flexibility index (Phi) is 9.58. The molecule has 0 aliphatic rings. The second-order valence-corrected chi connectivity index (χ2v) is 11.8. The summed E-state index contributed by atoms with van der Waals surface area (Å²) in [5.41, 5.74) is 0.375. The smallest absolute Gasteiger partial charge is 0.330 e. The number of hydrogen-bond acceptors (Lipinski definition) is 12. The van der Waals surface area contributed by atoms with E-state index in [0.29, 0.717) is 16.7 Å². The highest BCUT2D eigenvalue weighted by Gasteiger charge is 2.43. The van der Waals surface area contributed by atoms with Crippen molar-refractivity contribution < 1.29 is 14.8 Å². The van der Waals surface area contributed by atoms with Crippen LogP contribution >= 0.6 is 0 Å². The van der Waals surface area contributed by atoms with E-state index in [0.717, 1.165) is 16.7 Å². The van der Waals surface area contributed by atoms with Gasteiger partial charge in [-0.3, -0.25) is 45.3 Å². The van der Waals surface area contributed by atoms with E-state index in [1.807, 2.05) is 18.2 Å². The van der Waals surface area contributed by atoms with Crippen LogP contribution in [-0.4, -0.2) is 29.7 Å². The molecule has 15 nitrogen and oxygen atoms in total. The van der Waals surface area contributed by atoms with Crippen molar-refractivity contribution in [3.8, 4) is 33.4 Å². The lowest BCUT2D eigenvalue weighted by Gasteiger charge is -2.18. The van der Waals surface area contributed by atoms with Crippen LogP contribution in [0.25, 0.3) is 33.4 Å². The molecule has 0 aliphatic carbocycles. The van der Waals surface area contributed by atoms with E-state index in [2.05, 4.69) is 30.9 Å². The van der Waals surface area contributed by atoms with Crippen molar-refractivity contribution in [1.82, 2.24) is 15.0 Å². The number of hydrogen-bond donors (Lipinski definition) is 3. The van der Waals surface area contributed by atoms with Gasteiger partial charge in [0.15, 0.2) is 0 Å². The average Bonchev–Trinajstić information content (AvgIpc) is 3.19. The van der Waals surface area contributed by atoms with E-state index in [1.165, 1.54) is 0 Å². The maximum absolute atomic E-state index is 13.1. The molecular weight excluding hydrogens is 690 g/mol. The fraction of sp³-hybridized carbons (Fsp3) is 0. The lowest BCUT2D eigenvalue weighted by Crippen LogP contribution is -2.11. The Morgan fingerprint density at radius 2 is 0.667 bits per heavy atom. The van der Waals surface area contributed by atoms with Gasteiger partial charge in [0.25, 0.3) is 0 Å². The second-order valence-electron chi connectivity index (χ2n) is 11.8.